The number of fused-ring (bicyclic) bond motifs is 1. The quantitative estimate of drug-likeness (QED) is 0.250. The monoisotopic (exact) mass is 439 g/mol. The smallest absolute Gasteiger partial charge is 0.326 e. The number of esters is 1. The Morgan fingerprint density at radius 2 is 2.03 bits per heavy atom. The van der Waals surface area contributed by atoms with Crippen LogP contribution in [0.2, 0.25) is 0 Å². The van der Waals surface area contributed by atoms with Gasteiger partial charge in [-0.25, -0.2) is 0 Å². The Hall–Kier alpha value is -3.59. The highest BCUT2D eigenvalue weighted by molar-refractivity contribution is 7.16. The Bertz CT molecular complexity index is 1270. The number of carbonyl (C=O) groups excluding carboxylic acids is 2. The molecule has 31 heavy (non-hydrogen) atoms. The molecule has 0 aliphatic carbocycles. The maximum Gasteiger partial charge on any atom is 0.326 e. The van der Waals surface area contributed by atoms with Crippen LogP contribution in [0.5, 0.6) is 0 Å². The predicted molar refractivity (Wildman–Crippen MR) is 119 cm³/mol. The van der Waals surface area contributed by atoms with Crippen LogP contribution < -0.4 is 4.80 Å². The molecule has 0 radical (unpaired) electrons. The number of carbonyl (C=O) groups is 2. The van der Waals surface area contributed by atoms with Crippen molar-refractivity contribution in [1.82, 2.24) is 4.57 Å². The van der Waals surface area contributed by atoms with Gasteiger partial charge in [-0.3, -0.25) is 19.7 Å². The Labute approximate surface area is 182 Å². The maximum absolute atomic E-state index is 12.5. The van der Waals surface area contributed by atoms with Crippen LogP contribution in [0.15, 0.2) is 47.5 Å². The van der Waals surface area contributed by atoms with Crippen LogP contribution in [0.1, 0.15) is 23.6 Å². The molecule has 1 heterocycles. The first-order valence-electron chi connectivity index (χ1n) is 9.56. The summed E-state index contributed by atoms with van der Waals surface area (Å²) in [5.41, 5.74) is 3.32. The number of benzene rings is 2. The number of nitrogens with zero attached hydrogens (tertiary/aromatic N) is 3. The Morgan fingerprint density at radius 3 is 2.74 bits per heavy atom. The fourth-order valence-corrected chi connectivity index (χ4v) is 4.21. The molecule has 1 amide bonds. The minimum absolute atomic E-state index is 0.0581. The van der Waals surface area contributed by atoms with Gasteiger partial charge in [0, 0.05) is 18.2 Å². The van der Waals surface area contributed by atoms with Crippen LogP contribution in [0.3, 0.4) is 0 Å². The van der Waals surface area contributed by atoms with Gasteiger partial charge in [-0.2, -0.15) is 4.99 Å². The molecule has 8 nitrogen and oxygen atoms in total. The highest BCUT2D eigenvalue weighted by Crippen LogP contribution is 2.23. The average Bonchev–Trinajstić information content (AvgIpc) is 3.04. The van der Waals surface area contributed by atoms with Gasteiger partial charge < -0.3 is 9.30 Å². The molecule has 0 saturated heterocycles. The number of aromatic nitrogens is 1. The molecule has 2 aromatic carbocycles. The van der Waals surface area contributed by atoms with E-state index >= 15 is 0 Å². The normalized spacial score (nSPS) is 11.9. The number of aryl methyl sites for hydroxylation is 2. The van der Waals surface area contributed by atoms with Gasteiger partial charge in [-0.05, 0) is 49.6 Å². The first-order chi connectivity index (χ1) is 14.8. The first kappa shape index (κ1) is 22.1. The summed E-state index contributed by atoms with van der Waals surface area (Å²) in [7, 11) is 0. The van der Waals surface area contributed by atoms with Gasteiger partial charge in [0.1, 0.15) is 6.54 Å². The lowest BCUT2D eigenvalue weighted by Gasteiger charge is -2.06. The van der Waals surface area contributed by atoms with Gasteiger partial charge in [0.15, 0.2) is 4.80 Å². The lowest BCUT2D eigenvalue weighted by Crippen LogP contribution is -2.22. The van der Waals surface area contributed by atoms with E-state index in [4.69, 9.17) is 4.74 Å². The van der Waals surface area contributed by atoms with Crippen molar-refractivity contribution in [2.24, 2.45) is 4.99 Å². The van der Waals surface area contributed by atoms with Gasteiger partial charge in [-0.1, -0.05) is 29.5 Å². The second-order valence-electron chi connectivity index (χ2n) is 6.84. The zero-order chi connectivity index (χ0) is 22.5. The molecule has 3 aromatic rings. The fourth-order valence-electron chi connectivity index (χ4n) is 3.13. The molecule has 3 rings (SSSR count). The summed E-state index contributed by atoms with van der Waals surface area (Å²) >= 11 is 1.32. The maximum atomic E-state index is 12.5. The lowest BCUT2D eigenvalue weighted by atomic mass is 10.1. The van der Waals surface area contributed by atoms with E-state index in [1.54, 1.807) is 23.6 Å². The Morgan fingerprint density at radius 1 is 1.26 bits per heavy atom. The molecule has 1 aromatic heterocycles. The van der Waals surface area contributed by atoms with Crippen LogP contribution in [-0.4, -0.2) is 28.0 Å². The van der Waals surface area contributed by atoms with Crippen molar-refractivity contribution in [3.05, 3.63) is 74.1 Å². The van der Waals surface area contributed by atoms with Crippen molar-refractivity contribution in [3.8, 4) is 0 Å². The number of rotatable bonds is 6. The van der Waals surface area contributed by atoms with Crippen molar-refractivity contribution in [2.75, 3.05) is 6.61 Å². The molecule has 0 saturated carbocycles. The standard InChI is InChI=1S/C22H21N3O5S/c1-4-30-20(27)13-24-18-11-14(2)10-15(3)21(18)31-22(24)23-19(26)9-8-16-6-5-7-17(12-16)25(28)29/h5-12H,4,13H2,1-3H3. The van der Waals surface area contributed by atoms with Crippen molar-refractivity contribution in [2.45, 2.75) is 27.3 Å². The Balaban J connectivity index is 2.01. The highest BCUT2D eigenvalue weighted by Gasteiger charge is 2.14. The zero-order valence-electron chi connectivity index (χ0n) is 17.3. The van der Waals surface area contributed by atoms with E-state index in [0.717, 1.165) is 21.3 Å². The average molecular weight is 439 g/mol. The third kappa shape index (κ3) is 5.32. The number of ether oxygens (including phenoxy) is 1. The van der Waals surface area contributed by atoms with Gasteiger partial charge >= 0.3 is 5.97 Å². The number of nitro groups is 1. The third-order valence-corrected chi connectivity index (χ3v) is 5.64. The largest absolute Gasteiger partial charge is 0.465 e. The summed E-state index contributed by atoms with van der Waals surface area (Å²) in [6.07, 6.45) is 2.72. The summed E-state index contributed by atoms with van der Waals surface area (Å²) in [6.45, 7) is 5.86. The molecule has 0 aliphatic heterocycles. The van der Waals surface area contributed by atoms with Gasteiger partial charge in [-0.15, -0.1) is 0 Å². The lowest BCUT2D eigenvalue weighted by molar-refractivity contribution is -0.384. The summed E-state index contributed by atoms with van der Waals surface area (Å²) in [5.74, 6) is -0.951. The van der Waals surface area contributed by atoms with Crippen LogP contribution in [0.25, 0.3) is 16.3 Å². The van der Waals surface area contributed by atoms with E-state index in [0.29, 0.717) is 10.4 Å². The van der Waals surface area contributed by atoms with E-state index in [1.807, 2.05) is 26.0 Å². The highest BCUT2D eigenvalue weighted by atomic mass is 32.1. The molecule has 0 unspecified atom stereocenters. The number of nitro benzene ring substituents is 1. The van der Waals surface area contributed by atoms with Crippen molar-refractivity contribution in [1.29, 1.82) is 0 Å². The predicted octanol–water partition coefficient (Wildman–Crippen LogP) is 3.93. The molecule has 0 spiro atoms. The number of hydrogen-bond donors (Lipinski definition) is 0. The van der Waals surface area contributed by atoms with Crippen LogP contribution in [0.4, 0.5) is 5.69 Å². The van der Waals surface area contributed by atoms with Crippen LogP contribution in [-0.2, 0) is 20.9 Å². The van der Waals surface area contributed by atoms with Gasteiger partial charge in [0.25, 0.3) is 11.6 Å². The molecule has 9 heteroatoms. The second-order valence-corrected chi connectivity index (χ2v) is 7.82. The Kier molecular flexibility index (Phi) is 6.76. The van der Waals surface area contributed by atoms with Crippen LogP contribution in [0, 0.1) is 24.0 Å². The number of thiazole rings is 1. The van der Waals surface area contributed by atoms with Crippen LogP contribution >= 0.6 is 11.3 Å². The van der Waals surface area contributed by atoms with E-state index in [9.17, 15) is 19.7 Å². The molecule has 0 N–H and O–H groups in total. The summed E-state index contributed by atoms with van der Waals surface area (Å²) < 4.78 is 7.68. The second kappa shape index (κ2) is 9.48. The topological polar surface area (TPSA) is 104 Å². The number of amides is 1. The molecule has 0 bridgehead atoms. The molecule has 0 atom stereocenters. The van der Waals surface area contributed by atoms with E-state index in [1.165, 1.54) is 35.6 Å². The van der Waals surface area contributed by atoms with E-state index in [-0.39, 0.29) is 18.8 Å². The van der Waals surface area contributed by atoms with Crippen molar-refractivity contribution >= 4 is 45.2 Å². The molecule has 0 aliphatic rings. The van der Waals surface area contributed by atoms with Gasteiger partial charge in [0.2, 0.25) is 0 Å². The zero-order valence-corrected chi connectivity index (χ0v) is 18.1. The molecule has 160 valence electrons. The van der Waals surface area contributed by atoms with Crippen molar-refractivity contribution in [3.63, 3.8) is 0 Å². The minimum atomic E-state index is -0.537. The molecular formula is C22H21N3O5S. The minimum Gasteiger partial charge on any atom is -0.465 e. The molecule has 0 fully saturated rings. The fraction of sp³-hybridized carbons (Fsp3) is 0.227. The molecular weight excluding hydrogens is 418 g/mol. The first-order valence-corrected chi connectivity index (χ1v) is 10.4. The third-order valence-electron chi connectivity index (χ3n) is 4.41. The van der Waals surface area contributed by atoms with Crippen molar-refractivity contribution < 1.29 is 19.2 Å². The number of hydrogen-bond acceptors (Lipinski definition) is 6. The SMILES string of the molecule is CCOC(=O)Cn1c(=NC(=O)C=Cc2cccc([N+](=O)[O-])c2)sc2c(C)cc(C)cc21. The summed E-state index contributed by atoms with van der Waals surface area (Å²) in [6, 6.07) is 9.93. The van der Waals surface area contributed by atoms with E-state index < -0.39 is 16.8 Å². The number of non-ortho nitro benzene ring substituents is 1. The van der Waals surface area contributed by atoms with E-state index in [2.05, 4.69) is 4.99 Å². The summed E-state index contributed by atoms with van der Waals surface area (Å²) in [5, 5.41) is 10.9. The van der Waals surface area contributed by atoms with Gasteiger partial charge in [0.05, 0.1) is 21.7 Å². The summed E-state index contributed by atoms with van der Waals surface area (Å²) in [4.78, 5) is 39.6.